The summed E-state index contributed by atoms with van der Waals surface area (Å²) in [6, 6.07) is 9.17. The van der Waals surface area contributed by atoms with Gasteiger partial charge in [-0.25, -0.2) is 4.98 Å². The van der Waals surface area contributed by atoms with E-state index >= 15 is 0 Å². The molecule has 11 heteroatoms. The highest BCUT2D eigenvalue weighted by atomic mass is 35.5. The zero-order valence-electron chi connectivity index (χ0n) is 17.0. The molecule has 0 saturated heterocycles. The minimum Gasteiger partial charge on any atom is -0.419 e. The van der Waals surface area contributed by atoms with E-state index < -0.39 is 0 Å². The van der Waals surface area contributed by atoms with Crippen molar-refractivity contribution in [1.29, 1.82) is 0 Å². The van der Waals surface area contributed by atoms with Gasteiger partial charge in [0.25, 0.3) is 5.56 Å². The molecule has 0 unspecified atom stereocenters. The van der Waals surface area contributed by atoms with Gasteiger partial charge in [-0.1, -0.05) is 35.5 Å². The highest BCUT2D eigenvalue weighted by molar-refractivity contribution is 7.99. The number of carbonyl (C=O) groups is 1. The summed E-state index contributed by atoms with van der Waals surface area (Å²) in [5, 5.41) is 11.7. The molecule has 1 amide bonds. The molecule has 0 spiro atoms. The van der Waals surface area contributed by atoms with E-state index in [0.717, 1.165) is 12.8 Å². The van der Waals surface area contributed by atoms with Gasteiger partial charge in [0, 0.05) is 13.1 Å². The molecule has 8 nitrogen and oxygen atoms in total. The van der Waals surface area contributed by atoms with Crippen molar-refractivity contribution in [3.05, 3.63) is 57.0 Å². The third-order valence-electron chi connectivity index (χ3n) is 5.17. The van der Waals surface area contributed by atoms with E-state index in [9.17, 15) is 9.59 Å². The summed E-state index contributed by atoms with van der Waals surface area (Å²) in [7, 11) is 1.67. The predicted octanol–water partition coefficient (Wildman–Crippen LogP) is 3.98. The number of amides is 1. The van der Waals surface area contributed by atoms with Crippen molar-refractivity contribution in [2.24, 2.45) is 7.05 Å². The van der Waals surface area contributed by atoms with Crippen LogP contribution in [0.1, 0.15) is 18.7 Å². The summed E-state index contributed by atoms with van der Waals surface area (Å²) in [4.78, 5) is 32.5. The third-order valence-corrected chi connectivity index (χ3v) is 7.32. The molecule has 3 heterocycles. The van der Waals surface area contributed by atoms with Gasteiger partial charge in [0.1, 0.15) is 4.83 Å². The van der Waals surface area contributed by atoms with E-state index in [1.54, 1.807) is 24.1 Å². The second-order valence-electron chi connectivity index (χ2n) is 7.42. The van der Waals surface area contributed by atoms with Crippen LogP contribution in [-0.4, -0.2) is 42.4 Å². The van der Waals surface area contributed by atoms with E-state index in [4.69, 9.17) is 16.0 Å². The van der Waals surface area contributed by atoms with Crippen LogP contribution in [0.3, 0.4) is 0 Å². The molecule has 164 valence electrons. The number of thiophene rings is 1. The molecular weight excluding hydrogens is 470 g/mol. The molecule has 5 rings (SSSR count). The first-order valence-electron chi connectivity index (χ1n) is 9.95. The molecule has 1 aliphatic rings. The van der Waals surface area contributed by atoms with E-state index in [0.29, 0.717) is 37.7 Å². The SMILES string of the molecule is Cn1c(SCC(=O)N(Cc2nnc(-c3ccccc3Cl)o2)C2CC2)nc2sccc2c1=O. The average Bonchev–Trinajstić information content (AvgIpc) is 3.33. The number of aromatic nitrogens is 4. The lowest BCUT2D eigenvalue weighted by Gasteiger charge is -2.20. The maximum absolute atomic E-state index is 13.0. The normalized spacial score (nSPS) is 13.6. The standard InChI is InChI=1S/C21H18ClN5O3S2/c1-26-20(29)14-8-9-31-19(14)23-21(26)32-11-17(28)27(12-6-7-12)10-16-24-25-18(30-16)13-4-2-3-5-15(13)22/h2-5,8-9,12H,6-7,10-11H2,1H3. The monoisotopic (exact) mass is 487 g/mol. The molecule has 1 saturated carbocycles. The van der Waals surface area contributed by atoms with Gasteiger partial charge >= 0.3 is 0 Å². The van der Waals surface area contributed by atoms with E-state index in [1.165, 1.54) is 27.7 Å². The fourth-order valence-corrected chi connectivity index (χ4v) is 5.21. The van der Waals surface area contributed by atoms with Gasteiger partial charge in [0.2, 0.25) is 17.7 Å². The Morgan fingerprint density at radius 2 is 2.12 bits per heavy atom. The van der Waals surface area contributed by atoms with Gasteiger partial charge in [-0.15, -0.1) is 21.5 Å². The summed E-state index contributed by atoms with van der Waals surface area (Å²) < 4.78 is 7.27. The van der Waals surface area contributed by atoms with E-state index in [1.807, 2.05) is 23.6 Å². The number of nitrogens with zero attached hydrogens (tertiary/aromatic N) is 5. The Labute approximate surface area is 196 Å². The lowest BCUT2D eigenvalue weighted by molar-refractivity contribution is -0.129. The molecule has 4 aromatic rings. The van der Waals surface area contributed by atoms with Crippen LogP contribution < -0.4 is 5.56 Å². The van der Waals surface area contributed by atoms with Crippen LogP contribution in [0.25, 0.3) is 21.7 Å². The Hall–Kier alpha value is -2.69. The zero-order valence-corrected chi connectivity index (χ0v) is 19.4. The van der Waals surface area contributed by atoms with Crippen LogP contribution in [0, 0.1) is 0 Å². The Morgan fingerprint density at radius 1 is 1.31 bits per heavy atom. The summed E-state index contributed by atoms with van der Waals surface area (Å²) in [5.41, 5.74) is 0.548. The maximum atomic E-state index is 13.0. The smallest absolute Gasteiger partial charge is 0.262 e. The molecule has 0 atom stereocenters. The summed E-state index contributed by atoms with van der Waals surface area (Å²) in [5.74, 6) is 0.789. The van der Waals surface area contributed by atoms with Crippen LogP contribution in [0.4, 0.5) is 0 Å². The molecule has 0 aliphatic heterocycles. The minimum atomic E-state index is -0.108. The predicted molar refractivity (Wildman–Crippen MR) is 124 cm³/mol. The van der Waals surface area contributed by atoms with Gasteiger partial charge < -0.3 is 9.32 Å². The molecule has 0 N–H and O–H groups in total. The van der Waals surface area contributed by atoms with Crippen LogP contribution >= 0.6 is 34.7 Å². The van der Waals surface area contributed by atoms with Gasteiger partial charge in [-0.2, -0.15) is 0 Å². The minimum absolute atomic E-state index is 0.0597. The highest BCUT2D eigenvalue weighted by Crippen LogP contribution is 2.31. The Balaban J connectivity index is 1.30. The molecular formula is C21H18ClN5O3S2. The lowest BCUT2D eigenvalue weighted by atomic mass is 10.2. The number of rotatable bonds is 7. The highest BCUT2D eigenvalue weighted by Gasteiger charge is 2.34. The van der Waals surface area contributed by atoms with Crippen LogP contribution in [0.2, 0.25) is 5.02 Å². The second kappa shape index (κ2) is 8.68. The first-order valence-corrected chi connectivity index (χ1v) is 12.2. The number of thioether (sulfide) groups is 1. The second-order valence-corrected chi connectivity index (χ2v) is 9.66. The molecule has 1 fully saturated rings. The average molecular weight is 488 g/mol. The van der Waals surface area contributed by atoms with Crippen molar-refractivity contribution in [3.8, 4) is 11.5 Å². The summed E-state index contributed by atoms with van der Waals surface area (Å²) >= 11 is 8.88. The number of halogens is 1. The molecule has 0 bridgehead atoms. The van der Waals surface area contributed by atoms with Crippen molar-refractivity contribution < 1.29 is 9.21 Å². The van der Waals surface area contributed by atoms with Gasteiger partial charge in [-0.3, -0.25) is 14.2 Å². The molecule has 1 aromatic carbocycles. The topological polar surface area (TPSA) is 94.1 Å². The van der Waals surface area contributed by atoms with Crippen LogP contribution in [0.15, 0.2) is 50.1 Å². The van der Waals surface area contributed by atoms with Crippen molar-refractivity contribution in [1.82, 2.24) is 24.6 Å². The van der Waals surface area contributed by atoms with Crippen molar-refractivity contribution in [3.63, 3.8) is 0 Å². The molecule has 3 aromatic heterocycles. The van der Waals surface area contributed by atoms with Gasteiger partial charge in [0.15, 0.2) is 5.16 Å². The fourth-order valence-electron chi connectivity index (χ4n) is 3.33. The number of benzene rings is 1. The Morgan fingerprint density at radius 3 is 2.91 bits per heavy atom. The van der Waals surface area contributed by atoms with Crippen molar-refractivity contribution in [2.75, 3.05) is 5.75 Å². The molecule has 1 aliphatic carbocycles. The number of hydrogen-bond acceptors (Lipinski definition) is 8. The summed E-state index contributed by atoms with van der Waals surface area (Å²) in [6.45, 7) is 0.234. The quantitative estimate of drug-likeness (QED) is 0.287. The zero-order chi connectivity index (χ0) is 22.2. The Bertz CT molecular complexity index is 1360. The fraction of sp³-hybridized carbons (Fsp3) is 0.286. The largest absolute Gasteiger partial charge is 0.419 e. The first-order chi connectivity index (χ1) is 15.5. The van der Waals surface area contributed by atoms with Crippen molar-refractivity contribution in [2.45, 2.75) is 30.6 Å². The first kappa shape index (κ1) is 21.2. The van der Waals surface area contributed by atoms with Crippen molar-refractivity contribution >= 4 is 50.8 Å². The number of hydrogen-bond donors (Lipinski definition) is 0. The third kappa shape index (κ3) is 4.17. The molecule has 32 heavy (non-hydrogen) atoms. The van der Waals surface area contributed by atoms with E-state index in [2.05, 4.69) is 15.2 Å². The summed E-state index contributed by atoms with van der Waals surface area (Å²) in [6.07, 6.45) is 1.89. The number of carbonyl (C=O) groups excluding carboxylic acids is 1. The number of fused-ring (bicyclic) bond motifs is 1. The van der Waals surface area contributed by atoms with Gasteiger partial charge in [-0.05, 0) is 36.4 Å². The van der Waals surface area contributed by atoms with Crippen LogP contribution in [0.5, 0.6) is 0 Å². The van der Waals surface area contributed by atoms with Crippen LogP contribution in [-0.2, 0) is 18.4 Å². The molecule has 0 radical (unpaired) electrons. The lowest BCUT2D eigenvalue weighted by Crippen LogP contribution is -2.34. The Kier molecular flexibility index (Phi) is 5.75. The van der Waals surface area contributed by atoms with Gasteiger partial charge in [0.05, 0.1) is 28.3 Å². The maximum Gasteiger partial charge on any atom is 0.262 e. The van der Waals surface area contributed by atoms with E-state index in [-0.39, 0.29) is 29.8 Å².